The SMILES string of the molecule is CC(C)c1ccc(S(=O)(=O)NCc2nc(-c3cccnc3)cs2)cc1. The number of aromatic nitrogens is 2. The molecule has 0 radical (unpaired) electrons. The number of rotatable bonds is 6. The van der Waals surface area contributed by atoms with Gasteiger partial charge in [-0.05, 0) is 35.7 Å². The van der Waals surface area contributed by atoms with Gasteiger partial charge in [-0.25, -0.2) is 18.1 Å². The Hall–Kier alpha value is -2.09. The summed E-state index contributed by atoms with van der Waals surface area (Å²) in [6, 6.07) is 10.7. The van der Waals surface area contributed by atoms with Crippen LogP contribution in [0.4, 0.5) is 0 Å². The average Bonchev–Trinajstić information content (AvgIpc) is 3.10. The predicted octanol–water partition coefficient (Wildman–Crippen LogP) is 3.81. The van der Waals surface area contributed by atoms with Gasteiger partial charge >= 0.3 is 0 Å². The summed E-state index contributed by atoms with van der Waals surface area (Å²) in [7, 11) is -3.55. The van der Waals surface area contributed by atoms with Crippen LogP contribution >= 0.6 is 11.3 Å². The molecule has 3 aromatic rings. The number of pyridine rings is 1. The molecule has 3 rings (SSSR count). The lowest BCUT2D eigenvalue weighted by Crippen LogP contribution is -2.23. The highest BCUT2D eigenvalue weighted by atomic mass is 32.2. The molecule has 25 heavy (non-hydrogen) atoms. The molecule has 0 saturated carbocycles. The minimum absolute atomic E-state index is 0.166. The van der Waals surface area contributed by atoms with Crippen molar-refractivity contribution in [1.29, 1.82) is 0 Å². The lowest BCUT2D eigenvalue weighted by molar-refractivity contribution is 0.581. The lowest BCUT2D eigenvalue weighted by atomic mass is 10.0. The summed E-state index contributed by atoms with van der Waals surface area (Å²) in [5, 5.41) is 2.61. The molecule has 7 heteroatoms. The number of thiazole rings is 1. The summed E-state index contributed by atoms with van der Waals surface area (Å²) in [4.78, 5) is 8.80. The highest BCUT2D eigenvalue weighted by Gasteiger charge is 2.15. The van der Waals surface area contributed by atoms with Crippen molar-refractivity contribution in [2.45, 2.75) is 31.2 Å². The Morgan fingerprint density at radius 2 is 1.92 bits per heavy atom. The molecule has 0 amide bonds. The van der Waals surface area contributed by atoms with Crippen LogP contribution in [-0.2, 0) is 16.6 Å². The summed E-state index contributed by atoms with van der Waals surface area (Å²) >= 11 is 1.42. The Kier molecular flexibility index (Phi) is 5.27. The second-order valence-electron chi connectivity index (χ2n) is 5.92. The summed E-state index contributed by atoms with van der Waals surface area (Å²) < 4.78 is 27.4. The Balaban J connectivity index is 1.69. The zero-order chi connectivity index (χ0) is 17.9. The first kappa shape index (κ1) is 17.7. The van der Waals surface area contributed by atoms with Crippen molar-refractivity contribution in [2.24, 2.45) is 0 Å². The molecule has 0 saturated heterocycles. The maximum Gasteiger partial charge on any atom is 0.240 e. The van der Waals surface area contributed by atoms with Crippen LogP contribution in [0.3, 0.4) is 0 Å². The lowest BCUT2D eigenvalue weighted by Gasteiger charge is -2.08. The van der Waals surface area contributed by atoms with Gasteiger partial charge in [-0.3, -0.25) is 4.98 Å². The normalized spacial score (nSPS) is 11.8. The van der Waals surface area contributed by atoms with E-state index < -0.39 is 10.0 Å². The highest BCUT2D eigenvalue weighted by Crippen LogP contribution is 2.21. The molecule has 0 fully saturated rings. The minimum Gasteiger partial charge on any atom is -0.264 e. The molecule has 0 unspecified atom stereocenters. The fourth-order valence-electron chi connectivity index (χ4n) is 2.31. The van der Waals surface area contributed by atoms with E-state index >= 15 is 0 Å². The van der Waals surface area contributed by atoms with Crippen LogP contribution < -0.4 is 4.72 Å². The largest absolute Gasteiger partial charge is 0.264 e. The van der Waals surface area contributed by atoms with Crippen LogP contribution in [-0.4, -0.2) is 18.4 Å². The zero-order valence-electron chi connectivity index (χ0n) is 14.0. The van der Waals surface area contributed by atoms with E-state index in [1.807, 2.05) is 29.6 Å². The van der Waals surface area contributed by atoms with Crippen LogP contribution in [0.25, 0.3) is 11.3 Å². The number of hydrogen-bond donors (Lipinski definition) is 1. The summed E-state index contributed by atoms with van der Waals surface area (Å²) in [6.45, 7) is 4.31. The van der Waals surface area contributed by atoms with E-state index in [9.17, 15) is 8.42 Å². The molecule has 0 aliphatic rings. The van der Waals surface area contributed by atoms with Crippen molar-refractivity contribution in [2.75, 3.05) is 0 Å². The Morgan fingerprint density at radius 1 is 1.16 bits per heavy atom. The Labute approximate surface area is 151 Å². The van der Waals surface area contributed by atoms with Gasteiger partial charge < -0.3 is 0 Å². The third-order valence-electron chi connectivity index (χ3n) is 3.78. The molecule has 1 N–H and O–H groups in total. The van der Waals surface area contributed by atoms with E-state index in [4.69, 9.17) is 0 Å². The molecule has 0 aliphatic heterocycles. The summed E-state index contributed by atoms with van der Waals surface area (Å²) in [5.74, 6) is 0.367. The fourth-order valence-corrected chi connectivity index (χ4v) is 4.13. The van der Waals surface area contributed by atoms with Crippen molar-refractivity contribution in [3.8, 4) is 11.3 Å². The van der Waals surface area contributed by atoms with Crippen LogP contribution in [0.15, 0.2) is 59.1 Å². The van der Waals surface area contributed by atoms with Crippen LogP contribution in [0, 0.1) is 0 Å². The van der Waals surface area contributed by atoms with Gasteiger partial charge in [0.1, 0.15) is 5.01 Å². The molecule has 0 spiro atoms. The first-order valence-corrected chi connectivity index (χ1v) is 10.3. The van der Waals surface area contributed by atoms with Crippen molar-refractivity contribution in [1.82, 2.24) is 14.7 Å². The van der Waals surface area contributed by atoms with Crippen LogP contribution in [0.2, 0.25) is 0 Å². The molecular formula is C18H19N3O2S2. The summed E-state index contributed by atoms with van der Waals surface area (Å²) in [5.41, 5.74) is 2.82. The zero-order valence-corrected chi connectivity index (χ0v) is 15.6. The average molecular weight is 374 g/mol. The third-order valence-corrected chi connectivity index (χ3v) is 6.05. The number of sulfonamides is 1. The van der Waals surface area contributed by atoms with Crippen molar-refractivity contribution >= 4 is 21.4 Å². The highest BCUT2D eigenvalue weighted by molar-refractivity contribution is 7.89. The second-order valence-corrected chi connectivity index (χ2v) is 8.63. The Morgan fingerprint density at radius 3 is 2.56 bits per heavy atom. The Bertz CT molecular complexity index is 934. The predicted molar refractivity (Wildman–Crippen MR) is 99.9 cm³/mol. The number of nitrogens with zero attached hydrogens (tertiary/aromatic N) is 2. The van der Waals surface area contributed by atoms with Crippen LogP contribution in [0.5, 0.6) is 0 Å². The number of benzene rings is 1. The molecule has 0 atom stereocenters. The van der Waals surface area contributed by atoms with Gasteiger partial charge in [0.25, 0.3) is 0 Å². The first-order chi connectivity index (χ1) is 12.0. The monoisotopic (exact) mass is 373 g/mol. The molecule has 2 aromatic heterocycles. The van der Waals surface area contributed by atoms with E-state index in [0.29, 0.717) is 10.9 Å². The quantitative estimate of drug-likeness (QED) is 0.713. The second kappa shape index (κ2) is 7.43. The van der Waals surface area contributed by atoms with Crippen LogP contribution in [0.1, 0.15) is 30.3 Å². The molecule has 130 valence electrons. The van der Waals surface area contributed by atoms with E-state index in [1.165, 1.54) is 11.3 Å². The van der Waals surface area contributed by atoms with E-state index in [1.54, 1.807) is 24.5 Å². The van der Waals surface area contributed by atoms with E-state index in [-0.39, 0.29) is 11.4 Å². The third kappa shape index (κ3) is 4.31. The van der Waals surface area contributed by atoms with Crippen molar-refractivity contribution < 1.29 is 8.42 Å². The molecule has 0 aliphatic carbocycles. The summed E-state index contributed by atoms with van der Waals surface area (Å²) in [6.07, 6.45) is 3.44. The van der Waals surface area contributed by atoms with Gasteiger partial charge in [-0.1, -0.05) is 26.0 Å². The maximum absolute atomic E-state index is 12.4. The minimum atomic E-state index is -3.55. The standard InChI is InChI=1S/C18H19N3O2S2/c1-13(2)14-5-7-16(8-6-14)25(22,23)20-11-18-21-17(12-24-18)15-4-3-9-19-10-15/h3-10,12-13,20H,11H2,1-2H3. The van der Waals surface area contributed by atoms with Gasteiger partial charge in [0.05, 0.1) is 17.1 Å². The maximum atomic E-state index is 12.4. The van der Waals surface area contributed by atoms with E-state index in [2.05, 4.69) is 28.5 Å². The number of hydrogen-bond acceptors (Lipinski definition) is 5. The molecular weight excluding hydrogens is 354 g/mol. The first-order valence-electron chi connectivity index (χ1n) is 7.90. The topological polar surface area (TPSA) is 72.0 Å². The molecule has 5 nitrogen and oxygen atoms in total. The van der Waals surface area contributed by atoms with Crippen molar-refractivity contribution in [3.05, 3.63) is 64.7 Å². The van der Waals surface area contributed by atoms with Gasteiger partial charge in [0.15, 0.2) is 0 Å². The van der Waals surface area contributed by atoms with Gasteiger partial charge in [0, 0.05) is 23.3 Å². The van der Waals surface area contributed by atoms with Gasteiger partial charge in [0.2, 0.25) is 10.0 Å². The number of nitrogens with one attached hydrogen (secondary N) is 1. The van der Waals surface area contributed by atoms with Crippen molar-refractivity contribution in [3.63, 3.8) is 0 Å². The fraction of sp³-hybridized carbons (Fsp3) is 0.222. The smallest absolute Gasteiger partial charge is 0.240 e. The van der Waals surface area contributed by atoms with E-state index in [0.717, 1.165) is 16.8 Å². The van der Waals surface area contributed by atoms with Gasteiger partial charge in [-0.15, -0.1) is 11.3 Å². The molecule has 0 bridgehead atoms. The molecule has 2 heterocycles. The molecule has 1 aromatic carbocycles. The van der Waals surface area contributed by atoms with Gasteiger partial charge in [-0.2, -0.15) is 0 Å².